The van der Waals surface area contributed by atoms with Crippen LogP contribution in [0.15, 0.2) is 57.4 Å². The standard InChI is InChI=1S/C16H10ClN5O2S/c17-12-5-2-1-4-11(12)15-20-10(9-25-15)8-22-14(21-24-16(22)23)13-18-6-3-7-19-13/h1-7,9H,8H2. The summed E-state index contributed by atoms with van der Waals surface area (Å²) in [6.07, 6.45) is 3.15. The van der Waals surface area contributed by atoms with E-state index in [2.05, 4.69) is 20.1 Å². The number of aromatic nitrogens is 5. The zero-order valence-electron chi connectivity index (χ0n) is 12.7. The van der Waals surface area contributed by atoms with Crippen LogP contribution in [0, 0.1) is 0 Å². The molecule has 0 N–H and O–H groups in total. The van der Waals surface area contributed by atoms with E-state index >= 15 is 0 Å². The summed E-state index contributed by atoms with van der Waals surface area (Å²) in [6, 6.07) is 9.16. The minimum Gasteiger partial charge on any atom is -0.295 e. The van der Waals surface area contributed by atoms with Gasteiger partial charge < -0.3 is 0 Å². The predicted molar refractivity (Wildman–Crippen MR) is 93.5 cm³/mol. The van der Waals surface area contributed by atoms with E-state index in [-0.39, 0.29) is 12.4 Å². The van der Waals surface area contributed by atoms with Crippen molar-refractivity contribution in [3.05, 3.63) is 69.4 Å². The van der Waals surface area contributed by atoms with E-state index < -0.39 is 5.76 Å². The van der Waals surface area contributed by atoms with E-state index in [1.54, 1.807) is 18.5 Å². The molecule has 4 rings (SSSR count). The van der Waals surface area contributed by atoms with Crippen molar-refractivity contribution in [1.82, 2.24) is 24.7 Å². The molecule has 0 fully saturated rings. The molecule has 4 aromatic rings. The van der Waals surface area contributed by atoms with Crippen molar-refractivity contribution in [3.8, 4) is 22.2 Å². The Kier molecular flexibility index (Phi) is 4.12. The third-order valence-electron chi connectivity index (χ3n) is 3.43. The third-order valence-corrected chi connectivity index (χ3v) is 4.68. The molecule has 9 heteroatoms. The Morgan fingerprint density at radius 2 is 1.96 bits per heavy atom. The molecule has 0 atom stereocenters. The van der Waals surface area contributed by atoms with E-state index in [0.717, 1.165) is 10.6 Å². The molecule has 3 heterocycles. The largest absolute Gasteiger partial charge is 0.442 e. The van der Waals surface area contributed by atoms with Crippen LogP contribution in [0.2, 0.25) is 5.02 Å². The van der Waals surface area contributed by atoms with Gasteiger partial charge in [0.2, 0.25) is 5.82 Å². The van der Waals surface area contributed by atoms with Crippen LogP contribution in [-0.2, 0) is 6.54 Å². The topological polar surface area (TPSA) is 86.7 Å². The fourth-order valence-corrected chi connectivity index (χ4v) is 3.41. The highest BCUT2D eigenvalue weighted by Gasteiger charge is 2.17. The molecule has 3 aromatic heterocycles. The van der Waals surface area contributed by atoms with Gasteiger partial charge in [0.05, 0.1) is 17.3 Å². The average Bonchev–Trinajstić information content (AvgIpc) is 3.24. The lowest BCUT2D eigenvalue weighted by atomic mass is 10.2. The molecule has 0 aliphatic carbocycles. The first kappa shape index (κ1) is 15.7. The minimum atomic E-state index is -0.588. The lowest BCUT2D eigenvalue weighted by molar-refractivity contribution is 0.378. The van der Waals surface area contributed by atoms with E-state index in [1.807, 2.05) is 29.6 Å². The van der Waals surface area contributed by atoms with Gasteiger partial charge in [-0.15, -0.1) is 11.3 Å². The Morgan fingerprint density at radius 3 is 2.76 bits per heavy atom. The van der Waals surface area contributed by atoms with Gasteiger partial charge >= 0.3 is 5.76 Å². The fourth-order valence-electron chi connectivity index (χ4n) is 2.28. The van der Waals surface area contributed by atoms with Crippen LogP contribution in [0.3, 0.4) is 0 Å². The van der Waals surface area contributed by atoms with Crippen molar-refractivity contribution < 1.29 is 4.52 Å². The monoisotopic (exact) mass is 371 g/mol. The Balaban J connectivity index is 1.68. The van der Waals surface area contributed by atoms with Crippen LogP contribution in [0.5, 0.6) is 0 Å². The molecular formula is C16H10ClN5O2S. The van der Waals surface area contributed by atoms with Gasteiger partial charge in [-0.3, -0.25) is 4.52 Å². The van der Waals surface area contributed by atoms with Gasteiger partial charge in [0, 0.05) is 23.3 Å². The number of thiazole rings is 1. The Labute approximate surface area is 150 Å². The zero-order chi connectivity index (χ0) is 17.2. The molecule has 7 nitrogen and oxygen atoms in total. The molecule has 0 spiro atoms. The summed E-state index contributed by atoms with van der Waals surface area (Å²) in [5.74, 6) is -0.0115. The lowest BCUT2D eigenvalue weighted by Crippen LogP contribution is -2.17. The molecule has 0 bridgehead atoms. The first-order chi connectivity index (χ1) is 12.2. The van der Waals surface area contributed by atoms with Crippen LogP contribution in [0.25, 0.3) is 22.2 Å². The normalized spacial score (nSPS) is 10.9. The van der Waals surface area contributed by atoms with E-state index in [4.69, 9.17) is 16.1 Å². The Morgan fingerprint density at radius 1 is 1.16 bits per heavy atom. The smallest absolute Gasteiger partial charge is 0.295 e. The quantitative estimate of drug-likeness (QED) is 0.547. The maximum Gasteiger partial charge on any atom is 0.442 e. The number of benzene rings is 1. The summed E-state index contributed by atoms with van der Waals surface area (Å²) in [5.41, 5.74) is 1.55. The summed E-state index contributed by atoms with van der Waals surface area (Å²) < 4.78 is 6.11. The van der Waals surface area contributed by atoms with Crippen LogP contribution < -0.4 is 5.76 Å². The summed E-state index contributed by atoms with van der Waals surface area (Å²) in [6.45, 7) is 0.205. The number of nitrogens with zero attached hydrogens (tertiary/aromatic N) is 5. The first-order valence-electron chi connectivity index (χ1n) is 7.25. The van der Waals surface area contributed by atoms with Crippen molar-refractivity contribution >= 4 is 22.9 Å². The van der Waals surface area contributed by atoms with Crippen LogP contribution in [0.1, 0.15) is 5.69 Å². The Hall–Kier alpha value is -2.84. The van der Waals surface area contributed by atoms with E-state index in [1.165, 1.54) is 15.9 Å². The van der Waals surface area contributed by atoms with Crippen LogP contribution >= 0.6 is 22.9 Å². The average molecular weight is 372 g/mol. The van der Waals surface area contributed by atoms with Crippen molar-refractivity contribution in [3.63, 3.8) is 0 Å². The second kappa shape index (κ2) is 6.58. The highest BCUT2D eigenvalue weighted by Crippen LogP contribution is 2.30. The molecular weight excluding hydrogens is 362 g/mol. The SMILES string of the molecule is O=c1onc(-c2ncccn2)n1Cc1csc(-c2ccccc2Cl)n1. The van der Waals surface area contributed by atoms with Gasteiger partial charge in [-0.05, 0) is 12.1 Å². The number of hydrogen-bond acceptors (Lipinski definition) is 7. The maximum atomic E-state index is 12.0. The minimum absolute atomic E-state index is 0.205. The highest BCUT2D eigenvalue weighted by atomic mass is 35.5. The summed E-state index contributed by atoms with van der Waals surface area (Å²) in [5, 5.41) is 7.04. The maximum absolute atomic E-state index is 12.0. The number of halogens is 1. The van der Waals surface area contributed by atoms with Gasteiger partial charge in [0.15, 0.2) is 5.82 Å². The highest BCUT2D eigenvalue weighted by molar-refractivity contribution is 7.13. The summed E-state index contributed by atoms with van der Waals surface area (Å²) in [7, 11) is 0. The molecule has 0 radical (unpaired) electrons. The predicted octanol–water partition coefficient (Wildman–Crippen LogP) is 3.12. The van der Waals surface area contributed by atoms with Crippen molar-refractivity contribution in [2.45, 2.75) is 6.54 Å². The van der Waals surface area contributed by atoms with E-state index in [0.29, 0.717) is 16.5 Å². The van der Waals surface area contributed by atoms with Crippen molar-refractivity contribution in [2.24, 2.45) is 0 Å². The molecule has 25 heavy (non-hydrogen) atoms. The molecule has 0 saturated heterocycles. The molecule has 124 valence electrons. The molecule has 0 unspecified atom stereocenters. The molecule has 0 aliphatic heterocycles. The van der Waals surface area contributed by atoms with E-state index in [9.17, 15) is 4.79 Å². The third kappa shape index (κ3) is 3.09. The van der Waals surface area contributed by atoms with Crippen molar-refractivity contribution in [2.75, 3.05) is 0 Å². The zero-order valence-corrected chi connectivity index (χ0v) is 14.2. The second-order valence-electron chi connectivity index (χ2n) is 5.05. The summed E-state index contributed by atoms with van der Waals surface area (Å²) in [4.78, 5) is 24.7. The second-order valence-corrected chi connectivity index (χ2v) is 6.32. The molecule has 0 saturated carbocycles. The number of rotatable bonds is 4. The first-order valence-corrected chi connectivity index (χ1v) is 8.51. The molecule has 0 aliphatic rings. The lowest BCUT2D eigenvalue weighted by Gasteiger charge is -2.01. The number of hydrogen-bond donors (Lipinski definition) is 0. The van der Waals surface area contributed by atoms with Gasteiger partial charge in [-0.25, -0.2) is 24.3 Å². The van der Waals surface area contributed by atoms with Gasteiger partial charge in [0.1, 0.15) is 5.01 Å². The van der Waals surface area contributed by atoms with Crippen LogP contribution in [-0.4, -0.2) is 24.7 Å². The van der Waals surface area contributed by atoms with Gasteiger partial charge in [-0.1, -0.05) is 35.0 Å². The molecule has 0 amide bonds. The van der Waals surface area contributed by atoms with Gasteiger partial charge in [-0.2, -0.15) is 0 Å². The fraction of sp³-hybridized carbons (Fsp3) is 0.0625. The summed E-state index contributed by atoms with van der Waals surface area (Å²) >= 11 is 7.66. The Bertz CT molecular complexity index is 1070. The van der Waals surface area contributed by atoms with Crippen molar-refractivity contribution in [1.29, 1.82) is 0 Å². The van der Waals surface area contributed by atoms with Gasteiger partial charge in [0.25, 0.3) is 0 Å². The molecule has 1 aromatic carbocycles. The van der Waals surface area contributed by atoms with Crippen LogP contribution in [0.4, 0.5) is 0 Å².